The van der Waals surface area contributed by atoms with Crippen molar-refractivity contribution in [2.45, 2.75) is 24.0 Å². The average molecular weight is 289 g/mol. The molecule has 1 aliphatic rings. The zero-order valence-corrected chi connectivity index (χ0v) is 11.9. The zero-order valence-electron chi connectivity index (χ0n) is 11.1. The minimum atomic E-state index is -0.0697. The van der Waals surface area contributed by atoms with Crippen molar-refractivity contribution < 1.29 is 4.79 Å². The van der Waals surface area contributed by atoms with E-state index in [1.807, 2.05) is 18.2 Å². The Kier molecular flexibility index (Phi) is 3.48. The molecule has 5 nitrogen and oxygen atoms in total. The van der Waals surface area contributed by atoms with Crippen LogP contribution in [-0.4, -0.2) is 28.3 Å². The van der Waals surface area contributed by atoms with Crippen LogP contribution in [0.4, 0.5) is 0 Å². The van der Waals surface area contributed by atoms with E-state index in [1.165, 1.54) is 11.8 Å². The highest BCUT2D eigenvalue weighted by atomic mass is 32.2. The summed E-state index contributed by atoms with van der Waals surface area (Å²) in [5, 5.41) is 3.86. The number of rotatable bonds is 4. The number of carbonyl (C=O) groups excluding carboxylic acids is 1. The molecular formula is C14H15N3O2S. The summed E-state index contributed by atoms with van der Waals surface area (Å²) in [5.74, 6) is 0.202. The molecule has 1 aromatic carbocycles. The molecule has 1 N–H and O–H groups in total. The number of benzene rings is 1. The van der Waals surface area contributed by atoms with Crippen molar-refractivity contribution in [1.29, 1.82) is 0 Å². The Morgan fingerprint density at radius 1 is 1.45 bits per heavy atom. The lowest BCUT2D eigenvalue weighted by Gasteiger charge is -2.11. The molecule has 0 bridgehead atoms. The molecule has 3 rings (SSSR count). The average Bonchev–Trinajstić information content (AvgIpc) is 3.29. The smallest absolute Gasteiger partial charge is 0.262 e. The predicted octanol–water partition coefficient (Wildman–Crippen LogP) is 1.57. The van der Waals surface area contributed by atoms with Gasteiger partial charge in [0, 0.05) is 13.1 Å². The lowest BCUT2D eigenvalue weighted by molar-refractivity contribution is -0.118. The first-order valence-corrected chi connectivity index (χ1v) is 7.54. The SMILES string of the molecule is CNC(=O)CSc1nc2ccccc2c(=O)n1C1CC1. The number of para-hydroxylation sites is 1. The van der Waals surface area contributed by atoms with Gasteiger partial charge >= 0.3 is 0 Å². The standard InChI is InChI=1S/C14H15N3O2S/c1-15-12(18)8-20-14-16-11-5-3-2-4-10(11)13(19)17(14)9-6-7-9/h2-5,9H,6-8H2,1H3,(H,15,18). The lowest BCUT2D eigenvalue weighted by atomic mass is 10.2. The van der Waals surface area contributed by atoms with Crippen molar-refractivity contribution >= 4 is 28.6 Å². The maximum atomic E-state index is 12.6. The van der Waals surface area contributed by atoms with Crippen LogP contribution in [0.1, 0.15) is 18.9 Å². The number of amides is 1. The number of fused-ring (bicyclic) bond motifs is 1. The Morgan fingerprint density at radius 3 is 2.90 bits per heavy atom. The number of hydrogen-bond acceptors (Lipinski definition) is 4. The van der Waals surface area contributed by atoms with Gasteiger partial charge in [0.1, 0.15) is 0 Å². The Balaban J connectivity index is 2.07. The van der Waals surface area contributed by atoms with Crippen molar-refractivity contribution in [1.82, 2.24) is 14.9 Å². The molecule has 6 heteroatoms. The normalized spacial score (nSPS) is 14.4. The van der Waals surface area contributed by atoms with Crippen molar-refractivity contribution in [2.24, 2.45) is 0 Å². The van der Waals surface area contributed by atoms with Gasteiger partial charge in [-0.2, -0.15) is 0 Å². The molecule has 1 heterocycles. The first kappa shape index (κ1) is 13.2. The van der Waals surface area contributed by atoms with Gasteiger partial charge in [0.05, 0.1) is 16.7 Å². The van der Waals surface area contributed by atoms with Gasteiger partial charge in [0.15, 0.2) is 5.16 Å². The Bertz CT molecular complexity index is 722. The first-order valence-electron chi connectivity index (χ1n) is 6.55. The topological polar surface area (TPSA) is 64.0 Å². The molecular weight excluding hydrogens is 274 g/mol. The van der Waals surface area contributed by atoms with Crippen LogP contribution >= 0.6 is 11.8 Å². The van der Waals surface area contributed by atoms with Gasteiger partial charge in [0.25, 0.3) is 5.56 Å². The van der Waals surface area contributed by atoms with Crippen LogP contribution in [0, 0.1) is 0 Å². The van der Waals surface area contributed by atoms with Gasteiger partial charge in [-0.1, -0.05) is 23.9 Å². The summed E-state index contributed by atoms with van der Waals surface area (Å²) in [6.07, 6.45) is 2.01. The molecule has 1 fully saturated rings. The molecule has 2 aromatic rings. The van der Waals surface area contributed by atoms with Crippen LogP contribution in [0.15, 0.2) is 34.2 Å². The summed E-state index contributed by atoms with van der Waals surface area (Å²) in [7, 11) is 1.60. The molecule has 0 saturated heterocycles. The van der Waals surface area contributed by atoms with Crippen LogP contribution in [0.2, 0.25) is 0 Å². The summed E-state index contributed by atoms with van der Waals surface area (Å²) in [6, 6.07) is 7.59. The minimum absolute atomic E-state index is 0.00231. The molecule has 0 spiro atoms. The van der Waals surface area contributed by atoms with E-state index < -0.39 is 0 Å². The Hall–Kier alpha value is -1.82. The Morgan fingerprint density at radius 2 is 2.20 bits per heavy atom. The monoisotopic (exact) mass is 289 g/mol. The molecule has 0 atom stereocenters. The van der Waals surface area contributed by atoms with Gasteiger partial charge in [-0.15, -0.1) is 0 Å². The van der Waals surface area contributed by atoms with Crippen LogP contribution < -0.4 is 10.9 Å². The zero-order chi connectivity index (χ0) is 14.1. The number of nitrogens with zero attached hydrogens (tertiary/aromatic N) is 2. The second-order valence-electron chi connectivity index (χ2n) is 4.78. The third-order valence-electron chi connectivity index (χ3n) is 3.30. The predicted molar refractivity (Wildman–Crippen MR) is 79.1 cm³/mol. The number of nitrogens with one attached hydrogen (secondary N) is 1. The summed E-state index contributed by atoms with van der Waals surface area (Å²) < 4.78 is 1.75. The van der Waals surface area contributed by atoms with Gasteiger partial charge in [-0.3, -0.25) is 14.2 Å². The third kappa shape index (κ3) is 2.43. The second-order valence-corrected chi connectivity index (χ2v) is 5.72. The van der Waals surface area contributed by atoms with E-state index in [0.717, 1.165) is 12.8 Å². The number of hydrogen-bond donors (Lipinski definition) is 1. The molecule has 104 valence electrons. The van der Waals surface area contributed by atoms with Crippen molar-refractivity contribution in [3.8, 4) is 0 Å². The maximum Gasteiger partial charge on any atom is 0.262 e. The number of carbonyl (C=O) groups is 1. The molecule has 1 saturated carbocycles. The van der Waals surface area contributed by atoms with E-state index in [0.29, 0.717) is 16.1 Å². The van der Waals surface area contributed by atoms with E-state index in [2.05, 4.69) is 10.3 Å². The van der Waals surface area contributed by atoms with E-state index in [9.17, 15) is 9.59 Å². The summed E-state index contributed by atoms with van der Waals surface area (Å²) in [6.45, 7) is 0. The fraction of sp³-hybridized carbons (Fsp3) is 0.357. The van der Waals surface area contributed by atoms with Gasteiger partial charge in [-0.25, -0.2) is 4.98 Å². The second kappa shape index (κ2) is 5.28. The third-order valence-corrected chi connectivity index (χ3v) is 4.25. The van der Waals surface area contributed by atoms with Gasteiger partial charge < -0.3 is 5.32 Å². The summed E-state index contributed by atoms with van der Waals surface area (Å²) in [5.41, 5.74) is 0.686. The van der Waals surface area contributed by atoms with E-state index in [-0.39, 0.29) is 23.3 Å². The van der Waals surface area contributed by atoms with E-state index >= 15 is 0 Å². The molecule has 0 radical (unpaired) electrons. The van der Waals surface area contributed by atoms with Crippen LogP contribution in [0.25, 0.3) is 10.9 Å². The van der Waals surface area contributed by atoms with Gasteiger partial charge in [-0.05, 0) is 25.0 Å². The van der Waals surface area contributed by atoms with Crippen molar-refractivity contribution in [3.63, 3.8) is 0 Å². The molecule has 1 aliphatic carbocycles. The highest BCUT2D eigenvalue weighted by molar-refractivity contribution is 7.99. The number of aromatic nitrogens is 2. The number of thioether (sulfide) groups is 1. The van der Waals surface area contributed by atoms with Crippen LogP contribution in [0.5, 0.6) is 0 Å². The molecule has 1 aromatic heterocycles. The maximum absolute atomic E-state index is 12.6. The Labute approximate surface area is 120 Å². The highest BCUT2D eigenvalue weighted by Gasteiger charge is 2.28. The highest BCUT2D eigenvalue weighted by Crippen LogP contribution is 2.36. The largest absolute Gasteiger partial charge is 0.358 e. The first-order chi connectivity index (χ1) is 9.70. The quantitative estimate of drug-likeness (QED) is 0.685. The van der Waals surface area contributed by atoms with E-state index in [1.54, 1.807) is 17.7 Å². The molecule has 1 amide bonds. The van der Waals surface area contributed by atoms with Crippen molar-refractivity contribution in [2.75, 3.05) is 12.8 Å². The van der Waals surface area contributed by atoms with E-state index in [4.69, 9.17) is 0 Å². The van der Waals surface area contributed by atoms with Crippen LogP contribution in [-0.2, 0) is 4.79 Å². The fourth-order valence-electron chi connectivity index (χ4n) is 2.08. The van der Waals surface area contributed by atoms with Crippen molar-refractivity contribution in [3.05, 3.63) is 34.6 Å². The summed E-state index contributed by atoms with van der Waals surface area (Å²) >= 11 is 1.32. The molecule has 0 aliphatic heterocycles. The summed E-state index contributed by atoms with van der Waals surface area (Å²) in [4.78, 5) is 28.5. The van der Waals surface area contributed by atoms with Crippen LogP contribution in [0.3, 0.4) is 0 Å². The lowest BCUT2D eigenvalue weighted by Crippen LogP contribution is -2.24. The minimum Gasteiger partial charge on any atom is -0.358 e. The molecule has 0 unspecified atom stereocenters. The fourth-order valence-corrected chi connectivity index (χ4v) is 3.02. The van der Waals surface area contributed by atoms with Gasteiger partial charge in [0.2, 0.25) is 5.91 Å². The molecule has 20 heavy (non-hydrogen) atoms.